The molecular formula is C29H32ClN5O4. The van der Waals surface area contributed by atoms with Gasteiger partial charge in [-0.1, -0.05) is 43.1 Å². The number of fused-ring (bicyclic) bond motifs is 1. The normalized spacial score (nSPS) is 14.7. The highest BCUT2D eigenvalue weighted by Gasteiger charge is 2.26. The van der Waals surface area contributed by atoms with Gasteiger partial charge in [-0.2, -0.15) is 0 Å². The molecule has 3 heterocycles. The van der Waals surface area contributed by atoms with E-state index in [-0.39, 0.29) is 25.2 Å². The van der Waals surface area contributed by atoms with Crippen LogP contribution >= 0.6 is 11.6 Å². The van der Waals surface area contributed by atoms with Crippen LogP contribution in [0.15, 0.2) is 54.6 Å². The van der Waals surface area contributed by atoms with Gasteiger partial charge in [0, 0.05) is 43.9 Å². The van der Waals surface area contributed by atoms with Crippen LogP contribution in [-0.2, 0) is 4.79 Å². The third kappa shape index (κ3) is 6.25. The lowest BCUT2D eigenvalue weighted by Crippen LogP contribution is -2.44. The largest absolute Gasteiger partial charge is 0.454 e. The minimum atomic E-state index is -0.180. The van der Waals surface area contributed by atoms with Gasteiger partial charge in [-0.15, -0.1) is 10.2 Å². The molecule has 0 atom stereocenters. The number of hydrogen-bond acceptors (Lipinski definition) is 7. The van der Waals surface area contributed by atoms with Crippen LogP contribution in [0.1, 0.15) is 36.5 Å². The summed E-state index contributed by atoms with van der Waals surface area (Å²) in [5.74, 6) is 1.71. The summed E-state index contributed by atoms with van der Waals surface area (Å²) in [6.07, 6.45) is 2.54. The van der Waals surface area contributed by atoms with Gasteiger partial charge >= 0.3 is 0 Å². The van der Waals surface area contributed by atoms with Crippen molar-refractivity contribution in [1.29, 1.82) is 0 Å². The Balaban J connectivity index is 1.21. The molecule has 0 spiro atoms. The average Bonchev–Trinajstić information content (AvgIpc) is 3.30. The van der Waals surface area contributed by atoms with Gasteiger partial charge in [0.15, 0.2) is 17.3 Å². The molecule has 3 aromatic rings. The number of ether oxygens (including phenoxy) is 2. The van der Waals surface area contributed by atoms with Crippen molar-refractivity contribution in [2.45, 2.75) is 26.2 Å². The van der Waals surface area contributed by atoms with Crippen molar-refractivity contribution in [3.63, 3.8) is 0 Å². The second-order valence-corrected chi connectivity index (χ2v) is 10.0. The molecule has 2 aliphatic rings. The molecule has 204 valence electrons. The van der Waals surface area contributed by atoms with E-state index in [1.54, 1.807) is 23.1 Å². The number of carbonyl (C=O) groups is 2. The van der Waals surface area contributed by atoms with E-state index in [4.69, 9.17) is 21.1 Å². The number of nitrogens with zero attached hydrogens (tertiary/aromatic N) is 5. The molecule has 2 amide bonds. The first kappa shape index (κ1) is 26.7. The second kappa shape index (κ2) is 12.3. The summed E-state index contributed by atoms with van der Waals surface area (Å²) in [7, 11) is 0. The first-order chi connectivity index (χ1) is 19.0. The van der Waals surface area contributed by atoms with Gasteiger partial charge in [0.1, 0.15) is 6.54 Å². The van der Waals surface area contributed by atoms with Crippen LogP contribution in [0.3, 0.4) is 0 Å². The minimum Gasteiger partial charge on any atom is -0.454 e. The third-order valence-corrected chi connectivity index (χ3v) is 7.32. The van der Waals surface area contributed by atoms with Crippen molar-refractivity contribution >= 4 is 29.2 Å². The van der Waals surface area contributed by atoms with Crippen LogP contribution in [0.4, 0.5) is 5.82 Å². The zero-order valence-corrected chi connectivity index (χ0v) is 22.8. The Hall–Kier alpha value is -3.85. The number of halogens is 1. The quantitative estimate of drug-likeness (QED) is 0.408. The van der Waals surface area contributed by atoms with Crippen LogP contribution in [0.25, 0.3) is 11.3 Å². The maximum Gasteiger partial charge on any atom is 0.254 e. The predicted octanol–water partition coefficient (Wildman–Crippen LogP) is 4.51. The first-order valence-corrected chi connectivity index (χ1v) is 13.7. The third-order valence-electron chi connectivity index (χ3n) is 6.99. The summed E-state index contributed by atoms with van der Waals surface area (Å²) in [4.78, 5) is 32.3. The lowest BCUT2D eigenvalue weighted by Gasteiger charge is -2.27. The highest BCUT2D eigenvalue weighted by atomic mass is 35.5. The number of hydrogen-bond donors (Lipinski definition) is 0. The molecule has 5 rings (SSSR count). The number of amides is 2. The van der Waals surface area contributed by atoms with Crippen molar-refractivity contribution in [3.05, 3.63) is 65.2 Å². The van der Waals surface area contributed by atoms with Crippen LogP contribution in [0, 0.1) is 0 Å². The molecule has 1 aromatic heterocycles. The molecule has 0 unspecified atom stereocenters. The lowest BCUT2D eigenvalue weighted by molar-refractivity contribution is -0.131. The molecule has 0 N–H and O–H groups in total. The smallest absolute Gasteiger partial charge is 0.254 e. The Labute approximate surface area is 233 Å². The topological polar surface area (TPSA) is 88.1 Å². The fourth-order valence-corrected chi connectivity index (χ4v) is 5.01. The minimum absolute atomic E-state index is 0.0413. The fraction of sp³-hybridized carbons (Fsp3) is 0.379. The van der Waals surface area contributed by atoms with Crippen LogP contribution in [-0.4, -0.2) is 77.9 Å². The molecule has 9 nitrogen and oxygen atoms in total. The van der Waals surface area contributed by atoms with E-state index in [0.29, 0.717) is 48.3 Å². The molecule has 2 aromatic carbocycles. The maximum absolute atomic E-state index is 13.4. The van der Waals surface area contributed by atoms with Crippen molar-refractivity contribution in [3.8, 4) is 22.8 Å². The highest BCUT2D eigenvalue weighted by molar-refractivity contribution is 6.33. The summed E-state index contributed by atoms with van der Waals surface area (Å²) in [6.45, 7) is 5.35. The Morgan fingerprint density at radius 1 is 0.974 bits per heavy atom. The predicted molar refractivity (Wildman–Crippen MR) is 149 cm³/mol. The summed E-state index contributed by atoms with van der Waals surface area (Å²) in [5.41, 5.74) is 2.05. The van der Waals surface area contributed by atoms with E-state index >= 15 is 0 Å². The second-order valence-electron chi connectivity index (χ2n) is 9.63. The number of benzene rings is 2. The highest BCUT2D eigenvalue weighted by Crippen LogP contribution is 2.33. The Bertz CT molecular complexity index is 1320. The van der Waals surface area contributed by atoms with Crippen LogP contribution in [0.2, 0.25) is 5.02 Å². The van der Waals surface area contributed by atoms with Crippen molar-refractivity contribution < 1.29 is 19.1 Å². The monoisotopic (exact) mass is 549 g/mol. The van der Waals surface area contributed by atoms with Crippen molar-refractivity contribution in [2.75, 3.05) is 51.0 Å². The lowest BCUT2D eigenvalue weighted by atomic mass is 10.1. The van der Waals surface area contributed by atoms with E-state index < -0.39 is 0 Å². The average molecular weight is 550 g/mol. The van der Waals surface area contributed by atoms with Gasteiger partial charge in [0.25, 0.3) is 5.91 Å². The Morgan fingerprint density at radius 3 is 2.62 bits per heavy atom. The van der Waals surface area contributed by atoms with E-state index in [1.165, 1.54) is 0 Å². The molecule has 0 aliphatic carbocycles. The summed E-state index contributed by atoms with van der Waals surface area (Å²) >= 11 is 6.30. The maximum atomic E-state index is 13.4. The van der Waals surface area contributed by atoms with Gasteiger partial charge in [-0.25, -0.2) is 0 Å². The van der Waals surface area contributed by atoms with Crippen LogP contribution < -0.4 is 14.4 Å². The first-order valence-electron chi connectivity index (χ1n) is 13.3. The Morgan fingerprint density at radius 2 is 1.82 bits per heavy atom. The van der Waals surface area contributed by atoms with Gasteiger partial charge in [0.2, 0.25) is 12.7 Å². The van der Waals surface area contributed by atoms with Crippen LogP contribution in [0.5, 0.6) is 11.5 Å². The van der Waals surface area contributed by atoms with Gasteiger partial charge in [0.05, 0.1) is 10.7 Å². The van der Waals surface area contributed by atoms with Gasteiger partial charge in [-0.3, -0.25) is 9.59 Å². The molecule has 1 fully saturated rings. The standard InChI is InChI=1S/C29H32ClN5O4/c1-2-3-13-35(29(37)21-9-11-25-26(18-21)39-20-38-25)19-28(36)34-15-6-14-33(16-17-34)27-12-10-24(31-32-27)22-7-4-5-8-23(22)30/h4-5,7-12,18H,2-3,6,13-17,19-20H2,1H3. The number of carbonyl (C=O) groups excluding carboxylic acids is 2. The van der Waals surface area contributed by atoms with E-state index in [2.05, 4.69) is 22.0 Å². The fourth-order valence-electron chi connectivity index (χ4n) is 4.78. The Kier molecular flexibility index (Phi) is 8.46. The molecular weight excluding hydrogens is 518 g/mol. The van der Waals surface area contributed by atoms with Crippen molar-refractivity contribution in [2.24, 2.45) is 0 Å². The van der Waals surface area contributed by atoms with Crippen molar-refractivity contribution in [1.82, 2.24) is 20.0 Å². The van der Waals surface area contributed by atoms with E-state index in [0.717, 1.165) is 42.9 Å². The molecule has 2 aliphatic heterocycles. The zero-order valence-electron chi connectivity index (χ0n) is 22.0. The number of rotatable bonds is 8. The number of aromatic nitrogens is 2. The summed E-state index contributed by atoms with van der Waals surface area (Å²) in [6, 6.07) is 16.6. The van der Waals surface area contributed by atoms with E-state index in [9.17, 15) is 9.59 Å². The molecule has 10 heteroatoms. The zero-order chi connectivity index (χ0) is 27.2. The summed E-state index contributed by atoms with van der Waals surface area (Å²) < 4.78 is 10.8. The SMILES string of the molecule is CCCCN(CC(=O)N1CCCN(c2ccc(-c3ccccc3Cl)nn2)CC1)C(=O)c1ccc2c(c1)OCO2. The van der Waals surface area contributed by atoms with Gasteiger partial charge in [-0.05, 0) is 49.2 Å². The molecule has 1 saturated heterocycles. The molecule has 0 bridgehead atoms. The number of anilines is 1. The molecule has 39 heavy (non-hydrogen) atoms. The van der Waals surface area contributed by atoms with Gasteiger partial charge < -0.3 is 24.2 Å². The summed E-state index contributed by atoms with van der Waals surface area (Å²) in [5, 5.41) is 9.46. The molecule has 0 radical (unpaired) electrons. The van der Waals surface area contributed by atoms with E-state index in [1.807, 2.05) is 41.3 Å². The number of unbranched alkanes of at least 4 members (excludes halogenated alkanes) is 1. The molecule has 0 saturated carbocycles.